The molecule has 4 aromatic rings. The Bertz CT molecular complexity index is 1560. The van der Waals surface area contributed by atoms with Crippen LogP contribution in [0.3, 0.4) is 0 Å². The molecule has 0 saturated heterocycles. The number of benzene rings is 4. The predicted octanol–water partition coefficient (Wildman–Crippen LogP) is 3.00. The van der Waals surface area contributed by atoms with Gasteiger partial charge >= 0.3 is 0 Å². The van der Waals surface area contributed by atoms with Gasteiger partial charge in [-0.3, -0.25) is 0 Å². The summed E-state index contributed by atoms with van der Waals surface area (Å²) in [5, 5.41) is 24.7. The lowest BCUT2D eigenvalue weighted by Crippen LogP contribution is -2.75. The Hall–Kier alpha value is -4.52. The van der Waals surface area contributed by atoms with E-state index in [1.165, 1.54) is 32.1 Å². The smallest absolute Gasteiger partial charge is 0.185 e. The molecule has 5 nitrogen and oxygen atoms in total. The molecule has 0 saturated carbocycles. The van der Waals surface area contributed by atoms with Crippen LogP contribution in [0.15, 0.2) is 72.8 Å². The SMILES string of the molecule is CN(C)c1ccc2c(c1)N(C)c1cc(N(C)C)ccc1[Si]21c2ccc(C#N)cc2-c2cc(C#N)ccc21. The van der Waals surface area contributed by atoms with Crippen molar-refractivity contribution < 1.29 is 0 Å². The van der Waals surface area contributed by atoms with Gasteiger partial charge in [-0.2, -0.15) is 10.5 Å². The zero-order valence-corrected chi connectivity index (χ0v) is 22.7. The van der Waals surface area contributed by atoms with Gasteiger partial charge in [0, 0.05) is 58.0 Å². The van der Waals surface area contributed by atoms with Gasteiger partial charge in [-0.15, -0.1) is 0 Å². The molecule has 0 aliphatic carbocycles. The molecule has 0 bridgehead atoms. The van der Waals surface area contributed by atoms with Gasteiger partial charge < -0.3 is 14.7 Å². The fourth-order valence-corrected chi connectivity index (χ4v) is 11.7. The molecule has 0 radical (unpaired) electrons. The summed E-state index contributed by atoms with van der Waals surface area (Å²) in [6, 6.07) is 30.5. The van der Waals surface area contributed by atoms with Gasteiger partial charge in [-0.25, -0.2) is 0 Å². The maximum Gasteiger partial charge on any atom is 0.185 e. The minimum Gasteiger partial charge on any atom is -0.378 e. The number of nitriles is 2. The number of rotatable bonds is 2. The quantitative estimate of drug-likeness (QED) is 0.351. The van der Waals surface area contributed by atoms with Crippen LogP contribution in [0.25, 0.3) is 11.1 Å². The van der Waals surface area contributed by atoms with E-state index >= 15 is 0 Å². The van der Waals surface area contributed by atoms with Crippen molar-refractivity contribution in [2.24, 2.45) is 0 Å². The van der Waals surface area contributed by atoms with E-state index in [1.807, 2.05) is 24.3 Å². The van der Waals surface area contributed by atoms with Crippen molar-refractivity contribution in [1.29, 1.82) is 10.5 Å². The standard InChI is InChI=1S/C31H27N5Si/c1-34(2)22-8-12-30-26(16-22)36(5)27-17-23(35(3)4)9-13-31(27)37(30)28-10-6-20(18-32)14-24(28)25-15-21(19-33)7-11-29(25)37/h6-17H,1-5H3. The molecular formula is C31H27N5Si. The summed E-state index contributed by atoms with van der Waals surface area (Å²) in [5.41, 5.74) is 8.14. The van der Waals surface area contributed by atoms with E-state index in [1.54, 1.807) is 0 Å². The number of hydrogen-bond acceptors (Lipinski definition) is 5. The van der Waals surface area contributed by atoms with Crippen LogP contribution in [0.4, 0.5) is 22.7 Å². The van der Waals surface area contributed by atoms with Crippen molar-refractivity contribution in [2.75, 3.05) is 49.9 Å². The fraction of sp³-hybridized carbons (Fsp3) is 0.161. The Morgan fingerprint density at radius 1 is 0.595 bits per heavy atom. The molecular weight excluding hydrogens is 470 g/mol. The molecule has 0 unspecified atom stereocenters. The lowest BCUT2D eigenvalue weighted by Gasteiger charge is -2.43. The van der Waals surface area contributed by atoms with Gasteiger partial charge in [0.1, 0.15) is 0 Å². The lowest BCUT2D eigenvalue weighted by molar-refractivity contribution is 1.12. The predicted molar refractivity (Wildman–Crippen MR) is 155 cm³/mol. The first-order chi connectivity index (χ1) is 17.8. The van der Waals surface area contributed by atoms with Crippen LogP contribution in [-0.4, -0.2) is 43.3 Å². The van der Waals surface area contributed by atoms with E-state index in [4.69, 9.17) is 0 Å². The third-order valence-electron chi connectivity index (χ3n) is 7.92. The minimum absolute atomic E-state index is 0.636. The molecule has 0 aromatic heterocycles. The second kappa shape index (κ2) is 7.99. The lowest BCUT2D eigenvalue weighted by atomic mass is 10.0. The van der Waals surface area contributed by atoms with Crippen LogP contribution in [-0.2, 0) is 0 Å². The first-order valence-electron chi connectivity index (χ1n) is 12.3. The number of fused-ring (bicyclic) bond motifs is 9. The van der Waals surface area contributed by atoms with Gasteiger partial charge in [0.25, 0.3) is 0 Å². The van der Waals surface area contributed by atoms with Crippen molar-refractivity contribution in [3.05, 3.63) is 83.9 Å². The van der Waals surface area contributed by atoms with Crippen molar-refractivity contribution in [3.63, 3.8) is 0 Å². The molecule has 0 fully saturated rings. The second-order valence-electron chi connectivity index (χ2n) is 10.2. The molecule has 6 heteroatoms. The van der Waals surface area contributed by atoms with Crippen LogP contribution in [0, 0.1) is 22.7 Å². The molecule has 2 aliphatic heterocycles. The molecule has 6 rings (SSSR count). The molecule has 180 valence electrons. The monoisotopic (exact) mass is 497 g/mol. The van der Waals surface area contributed by atoms with Gasteiger partial charge in [-0.1, -0.05) is 24.3 Å². The molecule has 0 atom stereocenters. The van der Waals surface area contributed by atoms with Crippen molar-refractivity contribution >= 4 is 51.6 Å². The van der Waals surface area contributed by atoms with Crippen LogP contribution < -0.4 is 35.4 Å². The topological polar surface area (TPSA) is 57.3 Å². The average molecular weight is 498 g/mol. The highest BCUT2D eigenvalue weighted by molar-refractivity contribution is 7.23. The maximum atomic E-state index is 9.73. The zero-order chi connectivity index (χ0) is 26.1. The van der Waals surface area contributed by atoms with Crippen LogP contribution in [0.2, 0.25) is 0 Å². The van der Waals surface area contributed by atoms with Crippen molar-refractivity contribution in [1.82, 2.24) is 0 Å². The Morgan fingerprint density at radius 2 is 1.00 bits per heavy atom. The summed E-state index contributed by atoms with van der Waals surface area (Å²) in [4.78, 5) is 6.61. The van der Waals surface area contributed by atoms with E-state index in [-0.39, 0.29) is 0 Å². The van der Waals surface area contributed by atoms with Gasteiger partial charge in [0.05, 0.1) is 23.3 Å². The van der Waals surface area contributed by atoms with E-state index in [9.17, 15) is 10.5 Å². The Labute approximate surface area is 219 Å². The molecule has 0 amide bonds. The summed E-state index contributed by atoms with van der Waals surface area (Å²) >= 11 is 0. The highest BCUT2D eigenvalue weighted by atomic mass is 28.3. The van der Waals surface area contributed by atoms with Crippen LogP contribution in [0.1, 0.15) is 11.1 Å². The maximum absolute atomic E-state index is 9.73. The van der Waals surface area contributed by atoms with Gasteiger partial charge in [0.15, 0.2) is 8.07 Å². The van der Waals surface area contributed by atoms with E-state index in [0.717, 1.165) is 22.5 Å². The highest BCUT2D eigenvalue weighted by Crippen LogP contribution is 2.39. The molecule has 37 heavy (non-hydrogen) atoms. The van der Waals surface area contributed by atoms with Crippen molar-refractivity contribution in [2.45, 2.75) is 0 Å². The molecule has 0 N–H and O–H groups in total. The molecule has 2 heterocycles. The summed E-state index contributed by atoms with van der Waals surface area (Å²) in [6.45, 7) is 0. The summed E-state index contributed by atoms with van der Waals surface area (Å²) < 4.78 is 0. The molecule has 2 aliphatic rings. The van der Waals surface area contributed by atoms with Crippen LogP contribution >= 0.6 is 0 Å². The second-order valence-corrected chi connectivity index (χ2v) is 13.9. The first kappa shape index (κ1) is 22.9. The number of nitrogens with zero attached hydrogens (tertiary/aromatic N) is 5. The van der Waals surface area contributed by atoms with Crippen molar-refractivity contribution in [3.8, 4) is 23.3 Å². The molecule has 4 aromatic carbocycles. The molecule has 1 spiro atoms. The highest BCUT2D eigenvalue weighted by Gasteiger charge is 2.53. The van der Waals surface area contributed by atoms with E-state index in [2.05, 4.69) is 111 Å². The third-order valence-corrected chi connectivity index (χ3v) is 12.9. The minimum atomic E-state index is -2.73. The normalized spacial score (nSPS) is 13.6. The average Bonchev–Trinajstić information content (AvgIpc) is 3.20. The third kappa shape index (κ3) is 3.00. The summed E-state index contributed by atoms with van der Waals surface area (Å²) in [7, 11) is 7.72. The summed E-state index contributed by atoms with van der Waals surface area (Å²) in [6.07, 6.45) is 0. The Morgan fingerprint density at radius 3 is 1.38 bits per heavy atom. The number of hydrogen-bond donors (Lipinski definition) is 0. The largest absolute Gasteiger partial charge is 0.378 e. The van der Waals surface area contributed by atoms with E-state index < -0.39 is 8.07 Å². The first-order valence-corrected chi connectivity index (χ1v) is 14.3. The summed E-state index contributed by atoms with van der Waals surface area (Å²) in [5.74, 6) is 0. The van der Waals surface area contributed by atoms with Crippen LogP contribution in [0.5, 0.6) is 0 Å². The van der Waals surface area contributed by atoms with Gasteiger partial charge in [-0.05, 0) is 80.4 Å². The fourth-order valence-electron chi connectivity index (χ4n) is 6.11. The Balaban J connectivity index is 1.80. The number of anilines is 4. The van der Waals surface area contributed by atoms with Gasteiger partial charge in [0.2, 0.25) is 0 Å². The van der Waals surface area contributed by atoms with E-state index in [0.29, 0.717) is 11.1 Å². The Kier molecular flexibility index (Phi) is 4.95. The zero-order valence-electron chi connectivity index (χ0n) is 21.7.